The number of aliphatic hydroxyl groups excluding tert-OH is 1. The Balaban J connectivity index is 1.47. The fourth-order valence-corrected chi connectivity index (χ4v) is 3.67. The van der Waals surface area contributed by atoms with Gasteiger partial charge in [-0.05, 0) is 42.0 Å². The molecule has 1 heterocycles. The van der Waals surface area contributed by atoms with Crippen molar-refractivity contribution in [3.63, 3.8) is 0 Å². The number of sulfone groups is 1. The van der Waals surface area contributed by atoms with Crippen molar-refractivity contribution in [2.45, 2.75) is 29.7 Å². The summed E-state index contributed by atoms with van der Waals surface area (Å²) in [6.45, 7) is 0.835. The predicted molar refractivity (Wildman–Crippen MR) is 105 cm³/mol. The molecule has 1 aliphatic heterocycles. The minimum absolute atomic E-state index is 0.124. The molecule has 3 atom stereocenters. The molecule has 9 heteroatoms. The van der Waals surface area contributed by atoms with E-state index in [2.05, 4.69) is 10.6 Å². The van der Waals surface area contributed by atoms with Gasteiger partial charge in [-0.15, -0.1) is 0 Å². The Morgan fingerprint density at radius 1 is 1.17 bits per heavy atom. The van der Waals surface area contributed by atoms with Crippen molar-refractivity contribution in [1.29, 1.82) is 0 Å². The quantitative estimate of drug-likeness (QED) is 0.612. The van der Waals surface area contributed by atoms with E-state index in [1.807, 2.05) is 0 Å². The van der Waals surface area contributed by atoms with Crippen molar-refractivity contribution >= 4 is 15.7 Å². The van der Waals surface area contributed by atoms with Gasteiger partial charge in [-0.3, -0.25) is 4.79 Å². The van der Waals surface area contributed by atoms with Crippen LogP contribution in [0.15, 0.2) is 53.4 Å². The van der Waals surface area contributed by atoms with E-state index in [0.29, 0.717) is 12.1 Å². The second-order valence-corrected chi connectivity index (χ2v) is 9.00. The zero-order valence-corrected chi connectivity index (χ0v) is 16.7. The Kier molecular flexibility index (Phi) is 6.63. The maximum atomic E-state index is 12.9. The molecule has 1 fully saturated rings. The monoisotopic (exact) mass is 422 g/mol. The van der Waals surface area contributed by atoms with Gasteiger partial charge in [0, 0.05) is 24.9 Å². The van der Waals surface area contributed by atoms with Crippen molar-refractivity contribution in [2.75, 3.05) is 19.4 Å². The standard InChI is InChI=1S/C20H23FN2O5S/c1-29(26,27)16-8-2-13(3-9-16)10-22-17-12-28-18(19(17)24)11-23-20(25)14-4-6-15(21)7-5-14/h2-9,17-19,22,24H,10-12H2,1H3,(H,23,25)/t17-,18-,19+/m1/s1. The lowest BCUT2D eigenvalue weighted by molar-refractivity contribution is 0.0398. The molecule has 0 radical (unpaired) electrons. The van der Waals surface area contributed by atoms with Crippen LogP contribution in [0.2, 0.25) is 0 Å². The number of aliphatic hydroxyl groups is 1. The third-order valence-corrected chi connectivity index (χ3v) is 5.90. The zero-order valence-electron chi connectivity index (χ0n) is 15.8. The van der Waals surface area contributed by atoms with Crippen molar-refractivity contribution in [3.05, 3.63) is 65.5 Å². The summed E-state index contributed by atoms with van der Waals surface area (Å²) in [5.74, 6) is -0.792. The van der Waals surface area contributed by atoms with E-state index in [-0.39, 0.29) is 30.0 Å². The Bertz CT molecular complexity index is 948. The normalized spacial score (nSPS) is 21.8. The largest absolute Gasteiger partial charge is 0.389 e. The van der Waals surface area contributed by atoms with Crippen molar-refractivity contribution in [2.24, 2.45) is 0 Å². The first-order valence-electron chi connectivity index (χ1n) is 9.10. The van der Waals surface area contributed by atoms with Crippen molar-refractivity contribution in [1.82, 2.24) is 10.6 Å². The van der Waals surface area contributed by atoms with Crippen LogP contribution in [0.3, 0.4) is 0 Å². The summed E-state index contributed by atoms with van der Waals surface area (Å²) in [7, 11) is -3.24. The van der Waals surface area contributed by atoms with E-state index < -0.39 is 27.9 Å². The third kappa shape index (κ3) is 5.60. The lowest BCUT2D eigenvalue weighted by Crippen LogP contribution is -2.44. The Labute approximate surface area is 168 Å². The average Bonchev–Trinajstić information content (AvgIpc) is 3.04. The molecule has 3 N–H and O–H groups in total. The molecule has 2 aromatic rings. The summed E-state index contributed by atoms with van der Waals surface area (Å²) >= 11 is 0. The van der Waals surface area contributed by atoms with E-state index in [1.165, 1.54) is 24.3 Å². The van der Waals surface area contributed by atoms with Crippen LogP contribution in [0, 0.1) is 5.82 Å². The van der Waals surface area contributed by atoms with Crippen molar-refractivity contribution in [3.8, 4) is 0 Å². The molecule has 2 aromatic carbocycles. The number of hydrogen-bond donors (Lipinski definition) is 3. The van der Waals surface area contributed by atoms with E-state index in [4.69, 9.17) is 4.74 Å². The second kappa shape index (κ2) is 9.00. The smallest absolute Gasteiger partial charge is 0.251 e. The van der Waals surface area contributed by atoms with Crippen LogP contribution < -0.4 is 10.6 Å². The molecule has 0 spiro atoms. The Morgan fingerprint density at radius 2 is 1.83 bits per heavy atom. The van der Waals surface area contributed by atoms with Crippen LogP contribution >= 0.6 is 0 Å². The molecule has 0 aromatic heterocycles. The highest BCUT2D eigenvalue weighted by atomic mass is 32.2. The van der Waals surface area contributed by atoms with Gasteiger partial charge >= 0.3 is 0 Å². The van der Waals surface area contributed by atoms with Gasteiger partial charge in [0.15, 0.2) is 9.84 Å². The summed E-state index contributed by atoms with van der Waals surface area (Å²) in [6.07, 6.45) is -0.232. The number of carbonyl (C=O) groups is 1. The topological polar surface area (TPSA) is 105 Å². The third-order valence-electron chi connectivity index (χ3n) is 4.77. The Morgan fingerprint density at radius 3 is 2.45 bits per heavy atom. The molecule has 0 bridgehead atoms. The van der Waals surface area contributed by atoms with Gasteiger partial charge in [0.25, 0.3) is 5.91 Å². The number of halogens is 1. The molecule has 3 rings (SSSR count). The van der Waals surface area contributed by atoms with Gasteiger partial charge in [-0.2, -0.15) is 0 Å². The highest BCUT2D eigenvalue weighted by Gasteiger charge is 2.35. The molecule has 1 saturated heterocycles. The number of hydrogen-bond acceptors (Lipinski definition) is 6. The molecule has 29 heavy (non-hydrogen) atoms. The summed E-state index contributed by atoms with van der Waals surface area (Å²) in [5, 5.41) is 16.3. The maximum absolute atomic E-state index is 12.9. The molecule has 0 aliphatic carbocycles. The number of nitrogens with one attached hydrogen (secondary N) is 2. The SMILES string of the molecule is CS(=O)(=O)c1ccc(CN[C@@H]2CO[C@H](CNC(=O)c3ccc(F)cc3)[C@H]2O)cc1. The van der Waals surface area contributed by atoms with Crippen LogP contribution in [0.1, 0.15) is 15.9 Å². The minimum atomic E-state index is -3.24. The van der Waals surface area contributed by atoms with Crippen LogP contribution in [-0.2, 0) is 21.1 Å². The molecule has 156 valence electrons. The summed E-state index contributed by atoms with van der Waals surface area (Å²) in [5.41, 5.74) is 1.20. The van der Waals surface area contributed by atoms with Gasteiger partial charge in [0.05, 0.1) is 23.6 Å². The first-order chi connectivity index (χ1) is 13.7. The highest BCUT2D eigenvalue weighted by Crippen LogP contribution is 2.16. The fraction of sp³-hybridized carbons (Fsp3) is 0.350. The van der Waals surface area contributed by atoms with Crippen LogP contribution in [0.5, 0.6) is 0 Å². The number of rotatable bonds is 7. The predicted octanol–water partition coefficient (Wildman–Crippen LogP) is 0.877. The average molecular weight is 422 g/mol. The molecule has 1 aliphatic rings. The van der Waals surface area contributed by atoms with Crippen LogP contribution in [0.25, 0.3) is 0 Å². The van der Waals surface area contributed by atoms with E-state index in [9.17, 15) is 22.7 Å². The van der Waals surface area contributed by atoms with Crippen LogP contribution in [-0.4, -0.2) is 57.1 Å². The van der Waals surface area contributed by atoms with E-state index in [1.54, 1.807) is 24.3 Å². The van der Waals surface area contributed by atoms with E-state index >= 15 is 0 Å². The molecular formula is C20H23FN2O5S. The zero-order chi connectivity index (χ0) is 21.0. The molecule has 1 amide bonds. The first kappa shape index (κ1) is 21.4. The molecule has 0 saturated carbocycles. The van der Waals surface area contributed by atoms with Gasteiger partial charge in [0.2, 0.25) is 0 Å². The number of benzene rings is 2. The lowest BCUT2D eigenvalue weighted by atomic mass is 10.1. The van der Waals surface area contributed by atoms with Crippen molar-refractivity contribution < 1.29 is 27.4 Å². The lowest BCUT2D eigenvalue weighted by Gasteiger charge is -2.19. The summed E-state index contributed by atoms with van der Waals surface area (Å²) < 4.78 is 41.5. The van der Waals surface area contributed by atoms with Gasteiger partial charge in [0.1, 0.15) is 11.9 Å². The Hall–Kier alpha value is -2.33. The fourth-order valence-electron chi connectivity index (χ4n) is 3.04. The van der Waals surface area contributed by atoms with Gasteiger partial charge < -0.3 is 20.5 Å². The summed E-state index contributed by atoms with van der Waals surface area (Å²) in [4.78, 5) is 12.3. The maximum Gasteiger partial charge on any atom is 0.251 e. The summed E-state index contributed by atoms with van der Waals surface area (Å²) in [6, 6.07) is 11.4. The number of ether oxygens (including phenoxy) is 1. The van der Waals surface area contributed by atoms with E-state index in [0.717, 1.165) is 11.8 Å². The minimum Gasteiger partial charge on any atom is -0.389 e. The molecular weight excluding hydrogens is 399 g/mol. The number of carbonyl (C=O) groups excluding carboxylic acids is 1. The van der Waals surface area contributed by atoms with Crippen LogP contribution in [0.4, 0.5) is 4.39 Å². The molecule has 7 nitrogen and oxygen atoms in total. The molecule has 0 unspecified atom stereocenters. The van der Waals surface area contributed by atoms with Gasteiger partial charge in [-0.1, -0.05) is 12.1 Å². The first-order valence-corrected chi connectivity index (χ1v) is 11.0. The van der Waals surface area contributed by atoms with Gasteiger partial charge in [-0.25, -0.2) is 12.8 Å². The second-order valence-electron chi connectivity index (χ2n) is 6.98. The number of amides is 1. The highest BCUT2D eigenvalue weighted by molar-refractivity contribution is 7.90.